The zero-order valence-electron chi connectivity index (χ0n) is 20.3. The van der Waals surface area contributed by atoms with E-state index in [4.69, 9.17) is 22.3 Å². The van der Waals surface area contributed by atoms with Crippen LogP contribution in [0.1, 0.15) is 30.7 Å². The number of rotatable bonds is 10. The predicted octanol–water partition coefficient (Wildman–Crippen LogP) is 6.45. The number of nitrogens with one attached hydrogen (secondary N) is 1. The lowest BCUT2D eigenvalue weighted by atomic mass is 10.0. The molecular formula is C28H26ClF2N3O3S. The van der Waals surface area contributed by atoms with Crippen LogP contribution in [0, 0.1) is 5.92 Å². The van der Waals surface area contributed by atoms with Crippen molar-refractivity contribution in [1.29, 1.82) is 0 Å². The highest BCUT2D eigenvalue weighted by Gasteiger charge is 2.29. The molecule has 198 valence electrons. The monoisotopic (exact) mass is 557 g/mol. The third kappa shape index (κ3) is 5.75. The van der Waals surface area contributed by atoms with Crippen molar-refractivity contribution in [2.45, 2.75) is 30.8 Å². The Bertz CT molecular complexity index is 1600. The average molecular weight is 558 g/mol. The van der Waals surface area contributed by atoms with Crippen molar-refractivity contribution in [1.82, 2.24) is 9.97 Å². The fourth-order valence-electron chi connectivity index (χ4n) is 4.36. The summed E-state index contributed by atoms with van der Waals surface area (Å²) in [5.74, 6) is 1.01. The molecular weight excluding hydrogens is 532 g/mol. The topological polar surface area (TPSA) is 98.1 Å². The number of alkyl halides is 2. The summed E-state index contributed by atoms with van der Waals surface area (Å²) < 4.78 is 55.9. The van der Waals surface area contributed by atoms with Gasteiger partial charge in [0, 0.05) is 16.7 Å². The number of nitrogens with zero attached hydrogens (tertiary/aromatic N) is 1. The highest BCUT2D eigenvalue weighted by molar-refractivity contribution is 7.91. The Kier molecular flexibility index (Phi) is 7.52. The second kappa shape index (κ2) is 10.8. The highest BCUT2D eigenvalue weighted by Crippen LogP contribution is 2.38. The van der Waals surface area contributed by atoms with Gasteiger partial charge in [0.2, 0.25) is 0 Å². The van der Waals surface area contributed by atoms with Gasteiger partial charge in [-0.15, -0.1) is 0 Å². The smallest absolute Gasteiger partial charge is 0.387 e. The number of imidazole rings is 1. The van der Waals surface area contributed by atoms with Crippen molar-refractivity contribution >= 4 is 38.0 Å². The standard InChI is InChI=1S/C28H26ClF2N3O3S/c29-23-15-25-24(14-22(23)21-4-1-2-6-26(21)37-28(30)31)33-27(34-25)20(5-3-13-32)18-9-11-19(12-10-18)38(35,36)16-17-7-8-17/h1-2,4-6,9-12,14-15,17,28H,3,7-8,13,16,32H2,(H,33,34)/b20-5+. The summed E-state index contributed by atoms with van der Waals surface area (Å²) in [7, 11) is -3.32. The first-order valence-corrected chi connectivity index (χ1v) is 14.3. The molecule has 1 aliphatic rings. The fourth-order valence-corrected chi connectivity index (χ4v) is 6.33. The van der Waals surface area contributed by atoms with Gasteiger partial charge in [0.25, 0.3) is 0 Å². The SMILES string of the molecule is NCC/C=C(\c1ccc(S(=O)(=O)CC2CC2)cc1)c1nc2cc(-c3ccccc3OC(F)F)c(Cl)cc2[nH]1. The summed E-state index contributed by atoms with van der Waals surface area (Å²) >= 11 is 6.56. The molecule has 0 bridgehead atoms. The maximum Gasteiger partial charge on any atom is 0.387 e. The van der Waals surface area contributed by atoms with Gasteiger partial charge in [0.05, 0.1) is 26.7 Å². The summed E-state index contributed by atoms with van der Waals surface area (Å²) in [6, 6.07) is 16.6. The Morgan fingerprint density at radius 3 is 2.55 bits per heavy atom. The van der Waals surface area contributed by atoms with Crippen molar-refractivity contribution in [2.24, 2.45) is 11.7 Å². The molecule has 3 N–H and O–H groups in total. The van der Waals surface area contributed by atoms with Crippen LogP contribution in [0.2, 0.25) is 5.02 Å². The normalized spacial score (nSPS) is 14.4. The van der Waals surface area contributed by atoms with Gasteiger partial charge in [-0.2, -0.15) is 8.78 Å². The molecule has 0 amide bonds. The number of H-pyrrole nitrogens is 1. The van der Waals surface area contributed by atoms with Gasteiger partial charge in [0.15, 0.2) is 9.84 Å². The third-order valence-corrected chi connectivity index (χ3v) is 8.62. The summed E-state index contributed by atoms with van der Waals surface area (Å²) in [6.45, 7) is -2.55. The zero-order chi connectivity index (χ0) is 26.9. The number of aromatic amines is 1. The van der Waals surface area contributed by atoms with Crippen LogP contribution >= 0.6 is 11.6 Å². The second-order valence-corrected chi connectivity index (χ2v) is 11.7. The van der Waals surface area contributed by atoms with E-state index in [1.54, 1.807) is 54.6 Å². The number of ether oxygens (including phenoxy) is 1. The van der Waals surface area contributed by atoms with Crippen molar-refractivity contribution in [3.05, 3.63) is 83.2 Å². The summed E-state index contributed by atoms with van der Waals surface area (Å²) in [4.78, 5) is 8.33. The van der Waals surface area contributed by atoms with E-state index in [1.165, 1.54) is 6.07 Å². The van der Waals surface area contributed by atoms with Crippen LogP contribution < -0.4 is 10.5 Å². The number of sulfone groups is 1. The molecule has 0 atom stereocenters. The van der Waals surface area contributed by atoms with Gasteiger partial charge in [-0.25, -0.2) is 13.4 Å². The molecule has 6 nitrogen and oxygen atoms in total. The molecule has 0 spiro atoms. The molecule has 38 heavy (non-hydrogen) atoms. The molecule has 0 radical (unpaired) electrons. The molecule has 1 fully saturated rings. The fraction of sp³-hybridized carbons (Fsp3) is 0.250. The number of hydrogen-bond donors (Lipinski definition) is 2. The minimum atomic E-state index is -3.32. The maximum absolute atomic E-state index is 13.0. The van der Waals surface area contributed by atoms with Crippen molar-refractivity contribution in [3.63, 3.8) is 0 Å². The molecule has 0 aliphatic heterocycles. The largest absolute Gasteiger partial charge is 0.434 e. The molecule has 1 heterocycles. The number of nitrogens with two attached hydrogens (primary N) is 1. The van der Waals surface area contributed by atoms with Crippen molar-refractivity contribution in [3.8, 4) is 16.9 Å². The van der Waals surface area contributed by atoms with E-state index in [2.05, 4.69) is 9.72 Å². The lowest BCUT2D eigenvalue weighted by Crippen LogP contribution is -2.08. The molecule has 0 unspecified atom stereocenters. The average Bonchev–Trinajstić information content (AvgIpc) is 3.60. The van der Waals surface area contributed by atoms with E-state index in [9.17, 15) is 17.2 Å². The molecule has 1 aliphatic carbocycles. The first-order chi connectivity index (χ1) is 18.2. The second-order valence-electron chi connectivity index (χ2n) is 9.25. The van der Waals surface area contributed by atoms with Crippen LogP contribution in [0.5, 0.6) is 5.75 Å². The first-order valence-electron chi connectivity index (χ1n) is 12.2. The lowest BCUT2D eigenvalue weighted by molar-refractivity contribution is -0.0494. The number of hydrogen-bond acceptors (Lipinski definition) is 5. The molecule has 3 aromatic carbocycles. The van der Waals surface area contributed by atoms with Crippen LogP contribution in [0.3, 0.4) is 0 Å². The predicted molar refractivity (Wildman–Crippen MR) is 145 cm³/mol. The van der Waals surface area contributed by atoms with E-state index >= 15 is 0 Å². The highest BCUT2D eigenvalue weighted by atomic mass is 35.5. The zero-order valence-corrected chi connectivity index (χ0v) is 21.9. The first kappa shape index (κ1) is 26.3. The van der Waals surface area contributed by atoms with Crippen LogP contribution in [0.25, 0.3) is 27.7 Å². The Balaban J connectivity index is 1.52. The van der Waals surface area contributed by atoms with Gasteiger partial charge in [-0.1, -0.05) is 48.0 Å². The molecule has 0 saturated heterocycles. The minimum absolute atomic E-state index is 0.0137. The maximum atomic E-state index is 13.0. The van der Waals surface area contributed by atoms with E-state index in [1.807, 2.05) is 6.08 Å². The molecule has 10 heteroatoms. The summed E-state index contributed by atoms with van der Waals surface area (Å²) in [6.07, 6.45) is 4.45. The Morgan fingerprint density at radius 2 is 1.87 bits per heavy atom. The molecule has 4 aromatic rings. The quantitative estimate of drug-likeness (QED) is 0.233. The van der Waals surface area contributed by atoms with Crippen LogP contribution in [0.4, 0.5) is 8.78 Å². The number of halogens is 3. The Labute approximate surface area is 224 Å². The van der Waals surface area contributed by atoms with Gasteiger partial charge < -0.3 is 15.5 Å². The Morgan fingerprint density at radius 1 is 1.13 bits per heavy atom. The van der Waals surface area contributed by atoms with Crippen LogP contribution in [-0.4, -0.2) is 37.3 Å². The number of para-hydroxylation sites is 1. The van der Waals surface area contributed by atoms with Crippen molar-refractivity contribution < 1.29 is 21.9 Å². The van der Waals surface area contributed by atoms with Gasteiger partial charge >= 0.3 is 6.61 Å². The van der Waals surface area contributed by atoms with E-state index in [0.717, 1.165) is 24.0 Å². The van der Waals surface area contributed by atoms with E-state index < -0.39 is 16.4 Å². The number of aromatic nitrogens is 2. The van der Waals surface area contributed by atoms with Crippen LogP contribution in [-0.2, 0) is 9.84 Å². The molecule has 1 aromatic heterocycles. The Hall–Kier alpha value is -3.27. The van der Waals surface area contributed by atoms with Gasteiger partial charge in [-0.3, -0.25) is 0 Å². The third-order valence-electron chi connectivity index (χ3n) is 6.41. The lowest BCUT2D eigenvalue weighted by Gasteiger charge is -2.11. The van der Waals surface area contributed by atoms with Gasteiger partial charge in [-0.05, 0) is 67.6 Å². The molecule has 1 saturated carbocycles. The van der Waals surface area contributed by atoms with Crippen LogP contribution in [0.15, 0.2) is 71.6 Å². The minimum Gasteiger partial charge on any atom is -0.434 e. The molecule has 5 rings (SSSR count). The van der Waals surface area contributed by atoms with Crippen molar-refractivity contribution in [2.75, 3.05) is 12.3 Å². The summed E-state index contributed by atoms with van der Waals surface area (Å²) in [5, 5.41) is 0.343. The number of fused-ring (bicyclic) bond motifs is 1. The summed E-state index contributed by atoms with van der Waals surface area (Å²) in [5.41, 5.74) is 9.46. The number of benzene rings is 3. The van der Waals surface area contributed by atoms with E-state index in [-0.39, 0.29) is 17.4 Å². The van der Waals surface area contributed by atoms with Gasteiger partial charge in [0.1, 0.15) is 11.6 Å². The van der Waals surface area contributed by atoms with E-state index in [0.29, 0.717) is 50.9 Å².